The van der Waals surface area contributed by atoms with E-state index in [1.807, 2.05) is 31.2 Å². The van der Waals surface area contributed by atoms with Crippen LogP contribution in [-0.4, -0.2) is 23.0 Å². The first kappa shape index (κ1) is 15.5. The summed E-state index contributed by atoms with van der Waals surface area (Å²) in [5.41, 5.74) is 1.36. The van der Waals surface area contributed by atoms with Gasteiger partial charge in [0.2, 0.25) is 5.91 Å². The number of hydrogen-bond acceptors (Lipinski definition) is 2. The second-order valence-corrected chi connectivity index (χ2v) is 6.86. The number of carboxylic acid groups (broad SMARTS) is 1. The predicted octanol–water partition coefficient (Wildman–Crippen LogP) is 3.10. The van der Waals surface area contributed by atoms with Crippen LogP contribution in [0.5, 0.6) is 0 Å². The Morgan fingerprint density at radius 3 is 2.48 bits per heavy atom. The lowest BCUT2D eigenvalue weighted by Crippen LogP contribution is -2.50. The molecule has 1 aromatic rings. The molecule has 21 heavy (non-hydrogen) atoms. The average Bonchev–Trinajstić information content (AvgIpc) is 2.36. The van der Waals surface area contributed by atoms with Gasteiger partial charge in [-0.15, -0.1) is 0 Å². The molecule has 4 heteroatoms. The van der Waals surface area contributed by atoms with Gasteiger partial charge in [0.15, 0.2) is 0 Å². The van der Waals surface area contributed by atoms with E-state index in [4.69, 9.17) is 0 Å². The highest BCUT2D eigenvalue weighted by molar-refractivity contribution is 6.07. The van der Waals surface area contributed by atoms with Gasteiger partial charge in [-0.1, -0.05) is 39.0 Å². The van der Waals surface area contributed by atoms with Gasteiger partial charge in [-0.2, -0.15) is 0 Å². The first-order valence-corrected chi connectivity index (χ1v) is 7.37. The van der Waals surface area contributed by atoms with Crippen LogP contribution in [0.25, 0.3) is 0 Å². The maximum absolute atomic E-state index is 12.9. The van der Waals surface area contributed by atoms with Crippen molar-refractivity contribution in [3.8, 4) is 0 Å². The summed E-state index contributed by atoms with van der Waals surface area (Å²) < 4.78 is 0. The van der Waals surface area contributed by atoms with Gasteiger partial charge in [0.1, 0.15) is 5.92 Å². The SMILES string of the molecule is CC1CCc2ccccc2N1C(=O)C(C(=O)O)C(C)(C)C. The first-order chi connectivity index (χ1) is 9.73. The lowest BCUT2D eigenvalue weighted by atomic mass is 9.79. The first-order valence-electron chi connectivity index (χ1n) is 7.37. The summed E-state index contributed by atoms with van der Waals surface area (Å²) in [5.74, 6) is -2.40. The van der Waals surface area contributed by atoms with E-state index in [0.717, 1.165) is 24.1 Å². The third-order valence-electron chi connectivity index (χ3n) is 4.12. The summed E-state index contributed by atoms with van der Waals surface area (Å²) in [6.07, 6.45) is 1.79. The van der Waals surface area contributed by atoms with E-state index in [9.17, 15) is 14.7 Å². The van der Waals surface area contributed by atoms with Crippen LogP contribution < -0.4 is 4.90 Å². The normalized spacial score (nSPS) is 19.8. The molecule has 2 unspecified atom stereocenters. The van der Waals surface area contributed by atoms with Gasteiger partial charge in [0.25, 0.3) is 0 Å². The minimum atomic E-state index is -1.05. The topological polar surface area (TPSA) is 57.6 Å². The second kappa shape index (κ2) is 5.51. The number of carbonyl (C=O) groups is 2. The van der Waals surface area contributed by atoms with Crippen LogP contribution in [0.2, 0.25) is 0 Å². The number of hydrogen-bond donors (Lipinski definition) is 1. The molecular formula is C17H23NO3. The van der Waals surface area contributed by atoms with Crippen molar-refractivity contribution >= 4 is 17.6 Å². The van der Waals surface area contributed by atoms with Crippen LogP contribution in [0.3, 0.4) is 0 Å². The Balaban J connectivity index is 2.44. The molecule has 1 heterocycles. The molecule has 0 radical (unpaired) electrons. The smallest absolute Gasteiger partial charge is 0.316 e. The minimum Gasteiger partial charge on any atom is -0.481 e. The maximum atomic E-state index is 12.9. The van der Waals surface area contributed by atoms with Crippen LogP contribution in [0.15, 0.2) is 24.3 Å². The fourth-order valence-electron chi connectivity index (χ4n) is 3.01. The summed E-state index contributed by atoms with van der Waals surface area (Å²) in [6, 6.07) is 7.79. The lowest BCUT2D eigenvalue weighted by molar-refractivity contribution is -0.150. The maximum Gasteiger partial charge on any atom is 0.316 e. The summed E-state index contributed by atoms with van der Waals surface area (Å²) in [5, 5.41) is 9.50. The molecule has 0 aliphatic carbocycles. The summed E-state index contributed by atoms with van der Waals surface area (Å²) in [6.45, 7) is 7.37. The van der Waals surface area contributed by atoms with Crippen molar-refractivity contribution in [1.29, 1.82) is 0 Å². The molecule has 114 valence electrons. The summed E-state index contributed by atoms with van der Waals surface area (Å²) in [4.78, 5) is 26.2. The molecule has 0 fully saturated rings. The molecule has 1 N–H and O–H groups in total. The summed E-state index contributed by atoms with van der Waals surface area (Å²) >= 11 is 0. The number of para-hydroxylation sites is 1. The molecule has 1 aliphatic rings. The Hall–Kier alpha value is -1.84. The van der Waals surface area contributed by atoms with E-state index < -0.39 is 17.3 Å². The van der Waals surface area contributed by atoms with Crippen molar-refractivity contribution in [1.82, 2.24) is 0 Å². The monoisotopic (exact) mass is 289 g/mol. The molecule has 0 spiro atoms. The molecule has 2 atom stereocenters. The van der Waals surface area contributed by atoms with Gasteiger partial charge >= 0.3 is 5.97 Å². The number of rotatable bonds is 2. The Bertz CT molecular complexity index is 559. The van der Waals surface area contributed by atoms with Crippen LogP contribution in [0.1, 0.15) is 39.7 Å². The molecule has 0 bridgehead atoms. The minimum absolute atomic E-state index is 0.0246. The van der Waals surface area contributed by atoms with Crippen LogP contribution >= 0.6 is 0 Å². The zero-order valence-electron chi connectivity index (χ0n) is 13.1. The van der Waals surface area contributed by atoms with E-state index in [1.165, 1.54) is 0 Å². The van der Waals surface area contributed by atoms with Crippen molar-refractivity contribution in [2.45, 2.75) is 46.6 Å². The fraction of sp³-hybridized carbons (Fsp3) is 0.529. The Morgan fingerprint density at radius 2 is 1.90 bits per heavy atom. The van der Waals surface area contributed by atoms with E-state index >= 15 is 0 Å². The van der Waals surface area contributed by atoms with Gasteiger partial charge in [0.05, 0.1) is 0 Å². The van der Waals surface area contributed by atoms with Gasteiger partial charge < -0.3 is 10.0 Å². The zero-order chi connectivity index (χ0) is 15.8. The predicted molar refractivity (Wildman–Crippen MR) is 82.3 cm³/mol. The third kappa shape index (κ3) is 2.94. The van der Waals surface area contributed by atoms with Crippen LogP contribution in [0, 0.1) is 11.3 Å². The molecule has 0 saturated carbocycles. The Morgan fingerprint density at radius 1 is 1.29 bits per heavy atom. The molecule has 0 saturated heterocycles. The molecule has 4 nitrogen and oxygen atoms in total. The van der Waals surface area contributed by atoms with E-state index in [0.29, 0.717) is 0 Å². The Labute approximate surface area is 125 Å². The zero-order valence-corrected chi connectivity index (χ0v) is 13.1. The van der Waals surface area contributed by atoms with Gasteiger partial charge in [0, 0.05) is 11.7 Å². The van der Waals surface area contributed by atoms with E-state index in [-0.39, 0.29) is 11.9 Å². The number of benzene rings is 1. The standard InChI is InChI=1S/C17H23NO3/c1-11-9-10-12-7-5-6-8-13(12)18(11)15(19)14(16(20)21)17(2,3)4/h5-8,11,14H,9-10H2,1-4H3,(H,20,21). The number of fused-ring (bicyclic) bond motifs is 1. The molecule has 2 rings (SSSR count). The fourth-order valence-corrected chi connectivity index (χ4v) is 3.01. The third-order valence-corrected chi connectivity index (χ3v) is 4.12. The van der Waals surface area contributed by atoms with Crippen molar-refractivity contribution < 1.29 is 14.7 Å². The van der Waals surface area contributed by atoms with Gasteiger partial charge in [-0.05, 0) is 36.8 Å². The number of nitrogens with zero attached hydrogens (tertiary/aromatic N) is 1. The highest BCUT2D eigenvalue weighted by atomic mass is 16.4. The van der Waals surface area contributed by atoms with Crippen LogP contribution in [0.4, 0.5) is 5.69 Å². The van der Waals surface area contributed by atoms with Crippen molar-refractivity contribution in [3.05, 3.63) is 29.8 Å². The molecule has 0 aromatic heterocycles. The number of carboxylic acids is 1. The number of carbonyl (C=O) groups excluding carboxylic acids is 1. The van der Waals surface area contributed by atoms with Crippen molar-refractivity contribution in [2.24, 2.45) is 11.3 Å². The molecule has 1 aromatic carbocycles. The highest BCUT2D eigenvalue weighted by Gasteiger charge is 2.42. The van der Waals surface area contributed by atoms with Gasteiger partial charge in [-0.25, -0.2) is 0 Å². The lowest BCUT2D eigenvalue weighted by Gasteiger charge is -2.39. The quantitative estimate of drug-likeness (QED) is 0.851. The molecule has 1 aliphatic heterocycles. The molecular weight excluding hydrogens is 266 g/mol. The highest BCUT2D eigenvalue weighted by Crippen LogP contribution is 2.35. The van der Waals surface area contributed by atoms with Crippen LogP contribution in [-0.2, 0) is 16.0 Å². The average molecular weight is 289 g/mol. The largest absolute Gasteiger partial charge is 0.481 e. The van der Waals surface area contributed by atoms with Crippen molar-refractivity contribution in [3.63, 3.8) is 0 Å². The van der Waals surface area contributed by atoms with E-state index in [2.05, 4.69) is 0 Å². The Kier molecular flexibility index (Phi) is 4.08. The molecule has 1 amide bonds. The second-order valence-electron chi connectivity index (χ2n) is 6.86. The van der Waals surface area contributed by atoms with Crippen molar-refractivity contribution in [2.75, 3.05) is 4.90 Å². The number of aryl methyl sites for hydroxylation is 1. The number of aliphatic carboxylic acids is 1. The number of amides is 1. The van der Waals surface area contributed by atoms with Gasteiger partial charge in [-0.3, -0.25) is 9.59 Å². The number of anilines is 1. The summed E-state index contributed by atoms with van der Waals surface area (Å²) in [7, 11) is 0. The van der Waals surface area contributed by atoms with E-state index in [1.54, 1.807) is 25.7 Å².